The van der Waals surface area contributed by atoms with Crippen molar-refractivity contribution in [2.75, 3.05) is 0 Å². The van der Waals surface area contributed by atoms with Crippen LogP contribution in [0.3, 0.4) is 0 Å². The molecule has 3 N–H and O–H groups in total. The molecule has 1 amide bonds. The molecular formula is C11H10F3N5O2. The van der Waals surface area contributed by atoms with Gasteiger partial charge in [-0.25, -0.2) is 0 Å². The minimum absolute atomic E-state index is 0.0698. The van der Waals surface area contributed by atoms with Crippen LogP contribution in [0.5, 0.6) is 0 Å². The summed E-state index contributed by atoms with van der Waals surface area (Å²) in [6.07, 6.45) is -7.33. The highest BCUT2D eigenvalue weighted by atomic mass is 19.4. The van der Waals surface area contributed by atoms with Crippen LogP contribution in [0.15, 0.2) is 24.3 Å². The van der Waals surface area contributed by atoms with Crippen LogP contribution in [0.4, 0.5) is 13.2 Å². The molecule has 0 fully saturated rings. The van der Waals surface area contributed by atoms with E-state index < -0.39 is 24.7 Å². The number of hydrogen-bond donors (Lipinski definition) is 2. The predicted octanol–water partition coefficient (Wildman–Crippen LogP) is 0.362. The number of nitrogens with two attached hydrogens (primary N) is 1. The van der Waals surface area contributed by atoms with Crippen molar-refractivity contribution in [3.8, 4) is 11.4 Å². The van der Waals surface area contributed by atoms with Gasteiger partial charge in [0.05, 0.1) is 6.54 Å². The highest BCUT2D eigenvalue weighted by Crippen LogP contribution is 2.21. The number of aliphatic hydroxyl groups is 1. The van der Waals surface area contributed by atoms with E-state index in [1.54, 1.807) is 0 Å². The molecule has 0 aliphatic carbocycles. The minimum atomic E-state index is -4.75. The summed E-state index contributed by atoms with van der Waals surface area (Å²) in [5.74, 6) is -0.535. The summed E-state index contributed by atoms with van der Waals surface area (Å²) in [5, 5.41) is 19.6. The Labute approximate surface area is 116 Å². The second kappa shape index (κ2) is 5.48. The molecule has 1 aromatic heterocycles. The Morgan fingerprint density at radius 1 is 1.33 bits per heavy atom. The number of hydrogen-bond acceptors (Lipinski definition) is 5. The lowest BCUT2D eigenvalue weighted by atomic mass is 10.1. The predicted molar refractivity (Wildman–Crippen MR) is 63.8 cm³/mol. The molecule has 0 spiro atoms. The minimum Gasteiger partial charge on any atom is -0.382 e. The number of nitrogens with zero attached hydrogens (tertiary/aromatic N) is 4. The molecule has 2 rings (SSSR count). The first-order chi connectivity index (χ1) is 9.77. The summed E-state index contributed by atoms with van der Waals surface area (Å²) in [6.45, 7) is -0.851. The molecule has 1 atom stereocenters. The second-order valence-corrected chi connectivity index (χ2v) is 4.17. The van der Waals surface area contributed by atoms with Crippen LogP contribution < -0.4 is 5.73 Å². The lowest BCUT2D eigenvalue weighted by Gasteiger charge is -2.12. The van der Waals surface area contributed by atoms with Gasteiger partial charge in [0, 0.05) is 11.1 Å². The second-order valence-electron chi connectivity index (χ2n) is 4.17. The van der Waals surface area contributed by atoms with Crippen LogP contribution in [0.1, 0.15) is 10.4 Å². The average molecular weight is 301 g/mol. The van der Waals surface area contributed by atoms with Gasteiger partial charge in [0.2, 0.25) is 11.7 Å². The fourth-order valence-electron chi connectivity index (χ4n) is 1.48. The van der Waals surface area contributed by atoms with Gasteiger partial charge in [-0.1, -0.05) is 12.1 Å². The summed E-state index contributed by atoms with van der Waals surface area (Å²) in [6, 6.07) is 5.84. The highest BCUT2D eigenvalue weighted by molar-refractivity contribution is 5.93. The molecule has 0 bridgehead atoms. The Morgan fingerprint density at radius 3 is 2.48 bits per heavy atom. The van der Waals surface area contributed by atoms with E-state index in [-0.39, 0.29) is 11.4 Å². The van der Waals surface area contributed by atoms with E-state index in [2.05, 4.69) is 15.4 Å². The smallest absolute Gasteiger partial charge is 0.382 e. The third kappa shape index (κ3) is 3.54. The largest absolute Gasteiger partial charge is 0.416 e. The van der Waals surface area contributed by atoms with Gasteiger partial charge in [0.1, 0.15) is 0 Å². The number of primary amides is 1. The monoisotopic (exact) mass is 301 g/mol. The first-order valence-corrected chi connectivity index (χ1v) is 5.70. The number of aromatic nitrogens is 4. The number of rotatable bonds is 4. The zero-order chi connectivity index (χ0) is 15.6. The van der Waals surface area contributed by atoms with E-state index in [4.69, 9.17) is 10.8 Å². The van der Waals surface area contributed by atoms with Crippen molar-refractivity contribution in [3.05, 3.63) is 29.8 Å². The van der Waals surface area contributed by atoms with Crippen LogP contribution in [0.25, 0.3) is 11.4 Å². The van der Waals surface area contributed by atoms with Crippen molar-refractivity contribution in [3.63, 3.8) is 0 Å². The molecule has 0 aliphatic heterocycles. The van der Waals surface area contributed by atoms with Gasteiger partial charge in [0.15, 0.2) is 6.10 Å². The topological polar surface area (TPSA) is 107 Å². The molecular weight excluding hydrogens is 291 g/mol. The summed E-state index contributed by atoms with van der Waals surface area (Å²) < 4.78 is 36.6. The molecule has 0 radical (unpaired) electrons. The fraction of sp³-hybridized carbons (Fsp3) is 0.273. The molecule has 0 saturated heterocycles. The van der Waals surface area contributed by atoms with Crippen molar-refractivity contribution >= 4 is 5.91 Å². The Balaban J connectivity index is 2.14. The molecule has 2 aromatic rings. The third-order valence-electron chi connectivity index (χ3n) is 2.59. The van der Waals surface area contributed by atoms with E-state index in [9.17, 15) is 18.0 Å². The number of tetrazole rings is 1. The molecule has 0 unspecified atom stereocenters. The van der Waals surface area contributed by atoms with Gasteiger partial charge < -0.3 is 10.8 Å². The van der Waals surface area contributed by atoms with Gasteiger partial charge in [-0.3, -0.25) is 4.79 Å². The van der Waals surface area contributed by atoms with Gasteiger partial charge in [0.25, 0.3) is 0 Å². The first kappa shape index (κ1) is 14.9. The molecule has 112 valence electrons. The first-order valence-electron chi connectivity index (χ1n) is 5.70. The van der Waals surface area contributed by atoms with Gasteiger partial charge in [-0.05, 0) is 17.3 Å². The van der Waals surface area contributed by atoms with Crippen LogP contribution in [-0.2, 0) is 6.54 Å². The summed E-state index contributed by atoms with van der Waals surface area (Å²) >= 11 is 0. The zero-order valence-corrected chi connectivity index (χ0v) is 10.4. The van der Waals surface area contributed by atoms with Crippen molar-refractivity contribution < 1.29 is 23.1 Å². The number of alkyl halides is 3. The Hall–Kier alpha value is -2.49. The Bertz CT molecular complexity index is 638. The number of aliphatic hydroxyl groups excluding tert-OH is 1. The fourth-order valence-corrected chi connectivity index (χ4v) is 1.48. The van der Waals surface area contributed by atoms with E-state index in [1.165, 1.54) is 24.3 Å². The van der Waals surface area contributed by atoms with Crippen molar-refractivity contribution in [1.82, 2.24) is 20.2 Å². The van der Waals surface area contributed by atoms with E-state index in [1.807, 2.05) is 0 Å². The third-order valence-corrected chi connectivity index (χ3v) is 2.59. The summed E-state index contributed by atoms with van der Waals surface area (Å²) in [5.41, 5.74) is 5.81. The van der Waals surface area contributed by atoms with Crippen molar-refractivity contribution in [2.24, 2.45) is 5.73 Å². The Kier molecular flexibility index (Phi) is 3.89. The number of benzene rings is 1. The maximum absolute atomic E-state index is 12.2. The van der Waals surface area contributed by atoms with Crippen molar-refractivity contribution in [2.45, 2.75) is 18.8 Å². The van der Waals surface area contributed by atoms with Crippen LogP contribution in [0.2, 0.25) is 0 Å². The number of halogens is 3. The molecule has 7 nitrogen and oxygen atoms in total. The molecule has 0 saturated carbocycles. The van der Waals surface area contributed by atoms with Gasteiger partial charge >= 0.3 is 6.18 Å². The van der Waals surface area contributed by atoms with Gasteiger partial charge in [-0.15, -0.1) is 10.2 Å². The molecule has 1 heterocycles. The lowest BCUT2D eigenvalue weighted by Crippen LogP contribution is -2.33. The zero-order valence-electron chi connectivity index (χ0n) is 10.4. The standard InChI is InChI=1S/C11H10F3N5O2/c12-11(13,14)8(20)5-19-17-10(16-18-19)7-3-1-6(2-4-7)9(15)21/h1-4,8,20H,5H2,(H2,15,21)/t8-/m0/s1. The van der Waals surface area contributed by atoms with Crippen molar-refractivity contribution in [1.29, 1.82) is 0 Å². The molecule has 0 aliphatic rings. The maximum Gasteiger partial charge on any atom is 0.416 e. The van der Waals surface area contributed by atoms with Gasteiger partial charge in [-0.2, -0.15) is 18.0 Å². The molecule has 21 heavy (non-hydrogen) atoms. The number of carbonyl (C=O) groups excluding carboxylic acids is 1. The van der Waals surface area contributed by atoms with E-state index in [0.29, 0.717) is 10.4 Å². The quantitative estimate of drug-likeness (QED) is 0.848. The SMILES string of the molecule is NC(=O)c1ccc(-c2nnn(C[C@H](O)C(F)(F)F)n2)cc1. The van der Waals surface area contributed by atoms with Crippen LogP contribution >= 0.6 is 0 Å². The average Bonchev–Trinajstić information content (AvgIpc) is 2.86. The summed E-state index contributed by atoms with van der Waals surface area (Å²) in [4.78, 5) is 11.6. The van der Waals surface area contributed by atoms with Crippen LogP contribution in [0, 0.1) is 0 Å². The summed E-state index contributed by atoms with van der Waals surface area (Å²) in [7, 11) is 0. The Morgan fingerprint density at radius 2 is 1.95 bits per heavy atom. The normalized spacial score (nSPS) is 13.1. The van der Waals surface area contributed by atoms with E-state index in [0.717, 1.165) is 0 Å². The maximum atomic E-state index is 12.2. The lowest BCUT2D eigenvalue weighted by molar-refractivity contribution is -0.208. The number of carbonyl (C=O) groups is 1. The molecule has 10 heteroatoms. The molecule has 1 aromatic carbocycles. The van der Waals surface area contributed by atoms with Crippen LogP contribution in [-0.4, -0.2) is 43.5 Å². The number of amides is 1. The van der Waals surface area contributed by atoms with E-state index >= 15 is 0 Å². The highest BCUT2D eigenvalue weighted by Gasteiger charge is 2.38.